The molecule has 0 heterocycles. The fourth-order valence-electron chi connectivity index (χ4n) is 1.41. The lowest BCUT2D eigenvalue weighted by Gasteiger charge is -2.20. The van der Waals surface area contributed by atoms with Crippen molar-refractivity contribution in [3.63, 3.8) is 0 Å². The minimum absolute atomic E-state index is 0.0873. The normalized spacial score (nSPS) is 10.4. The molecule has 0 radical (unpaired) electrons. The summed E-state index contributed by atoms with van der Waals surface area (Å²) in [5.41, 5.74) is 6.21. The van der Waals surface area contributed by atoms with Crippen LogP contribution in [0.1, 0.15) is 17.3 Å². The standard InChI is InChI=1S/C11H14Cl2N2O2/c1-2-15(3-4-16)11(17)7-5-8(12)10(14)9(13)6-7/h5-6,16H,2-4,14H2,1H3. The highest BCUT2D eigenvalue weighted by atomic mass is 35.5. The molecule has 0 aromatic heterocycles. The van der Waals surface area contributed by atoms with Crippen molar-refractivity contribution in [3.8, 4) is 0 Å². The van der Waals surface area contributed by atoms with Crippen LogP contribution in [-0.4, -0.2) is 35.6 Å². The maximum Gasteiger partial charge on any atom is 0.254 e. The Hall–Kier alpha value is -0.970. The van der Waals surface area contributed by atoms with Crippen LogP contribution in [0.3, 0.4) is 0 Å². The van der Waals surface area contributed by atoms with E-state index in [1.807, 2.05) is 6.92 Å². The number of aliphatic hydroxyl groups excluding tert-OH is 1. The Morgan fingerprint density at radius 1 is 1.41 bits per heavy atom. The van der Waals surface area contributed by atoms with Gasteiger partial charge in [-0.2, -0.15) is 0 Å². The monoisotopic (exact) mass is 276 g/mol. The first-order valence-electron chi connectivity index (χ1n) is 5.15. The lowest BCUT2D eigenvalue weighted by molar-refractivity contribution is 0.0732. The zero-order valence-electron chi connectivity index (χ0n) is 9.41. The van der Waals surface area contributed by atoms with Gasteiger partial charge in [0.1, 0.15) is 0 Å². The van der Waals surface area contributed by atoms with Crippen molar-refractivity contribution in [2.45, 2.75) is 6.92 Å². The zero-order valence-corrected chi connectivity index (χ0v) is 10.9. The van der Waals surface area contributed by atoms with Gasteiger partial charge in [-0.25, -0.2) is 0 Å². The van der Waals surface area contributed by atoms with E-state index in [4.69, 9.17) is 34.0 Å². The Bertz CT molecular complexity index is 401. The van der Waals surface area contributed by atoms with Crippen molar-refractivity contribution in [2.24, 2.45) is 0 Å². The summed E-state index contributed by atoms with van der Waals surface area (Å²) in [6.45, 7) is 2.51. The molecule has 0 saturated heterocycles. The van der Waals surface area contributed by atoms with Crippen molar-refractivity contribution in [1.29, 1.82) is 0 Å². The van der Waals surface area contributed by atoms with Crippen molar-refractivity contribution >= 4 is 34.8 Å². The predicted octanol–water partition coefficient (Wildman–Crippen LogP) is 2.03. The number of anilines is 1. The minimum atomic E-state index is -0.231. The number of carbonyl (C=O) groups excluding carboxylic acids is 1. The molecule has 4 nitrogen and oxygen atoms in total. The highest BCUT2D eigenvalue weighted by molar-refractivity contribution is 6.39. The molecule has 1 aromatic rings. The first-order valence-corrected chi connectivity index (χ1v) is 5.91. The molecule has 0 atom stereocenters. The summed E-state index contributed by atoms with van der Waals surface area (Å²) in [6.07, 6.45) is 0. The molecular formula is C11H14Cl2N2O2. The van der Waals surface area contributed by atoms with E-state index < -0.39 is 0 Å². The van der Waals surface area contributed by atoms with Crippen LogP contribution in [0.5, 0.6) is 0 Å². The Morgan fingerprint density at radius 2 is 1.94 bits per heavy atom. The van der Waals surface area contributed by atoms with Gasteiger partial charge in [0.05, 0.1) is 22.3 Å². The van der Waals surface area contributed by atoms with Crippen LogP contribution in [0.2, 0.25) is 10.0 Å². The van der Waals surface area contributed by atoms with E-state index in [0.717, 1.165) is 0 Å². The summed E-state index contributed by atoms with van der Waals surface area (Å²) in [4.78, 5) is 13.5. The van der Waals surface area contributed by atoms with Crippen LogP contribution < -0.4 is 5.73 Å². The molecule has 1 amide bonds. The predicted molar refractivity (Wildman–Crippen MR) is 69.5 cm³/mol. The summed E-state index contributed by atoms with van der Waals surface area (Å²) in [5.74, 6) is -0.231. The molecular weight excluding hydrogens is 263 g/mol. The quantitative estimate of drug-likeness (QED) is 0.827. The average molecular weight is 277 g/mol. The van der Waals surface area contributed by atoms with Gasteiger partial charge in [-0.1, -0.05) is 23.2 Å². The summed E-state index contributed by atoms with van der Waals surface area (Å²) in [5, 5.41) is 9.35. The first-order chi connectivity index (χ1) is 8.01. The number of amides is 1. The van der Waals surface area contributed by atoms with Crippen LogP contribution in [0.15, 0.2) is 12.1 Å². The first kappa shape index (κ1) is 14.1. The molecule has 1 aromatic carbocycles. The van der Waals surface area contributed by atoms with Gasteiger partial charge in [-0.3, -0.25) is 4.79 Å². The Labute approximate surface area is 110 Å². The third-order valence-electron chi connectivity index (χ3n) is 2.36. The average Bonchev–Trinajstić information content (AvgIpc) is 2.31. The minimum Gasteiger partial charge on any atom is -0.396 e. The largest absolute Gasteiger partial charge is 0.396 e. The second kappa shape index (κ2) is 6.10. The third-order valence-corrected chi connectivity index (χ3v) is 2.99. The Morgan fingerprint density at radius 3 is 2.35 bits per heavy atom. The molecule has 17 heavy (non-hydrogen) atoms. The Balaban J connectivity index is 3.03. The molecule has 0 aliphatic heterocycles. The number of benzene rings is 1. The molecule has 94 valence electrons. The number of halogens is 2. The second-order valence-electron chi connectivity index (χ2n) is 3.46. The lowest BCUT2D eigenvalue weighted by Crippen LogP contribution is -2.33. The van der Waals surface area contributed by atoms with Crippen molar-refractivity contribution in [3.05, 3.63) is 27.7 Å². The van der Waals surface area contributed by atoms with E-state index in [-0.39, 0.29) is 34.8 Å². The molecule has 0 aliphatic carbocycles. The van der Waals surface area contributed by atoms with Crippen LogP contribution in [-0.2, 0) is 0 Å². The second-order valence-corrected chi connectivity index (χ2v) is 4.28. The molecule has 0 aliphatic rings. The SMILES string of the molecule is CCN(CCO)C(=O)c1cc(Cl)c(N)c(Cl)c1. The molecule has 1 rings (SSSR count). The zero-order chi connectivity index (χ0) is 13.0. The summed E-state index contributed by atoms with van der Waals surface area (Å²) in [7, 11) is 0. The van der Waals surface area contributed by atoms with Gasteiger partial charge in [0.2, 0.25) is 0 Å². The Kier molecular flexibility index (Phi) is 5.05. The van der Waals surface area contributed by atoms with E-state index in [2.05, 4.69) is 0 Å². The van der Waals surface area contributed by atoms with E-state index in [1.165, 1.54) is 17.0 Å². The number of aliphatic hydroxyl groups is 1. The highest BCUT2D eigenvalue weighted by Crippen LogP contribution is 2.29. The van der Waals surface area contributed by atoms with Gasteiger partial charge in [0.25, 0.3) is 5.91 Å². The molecule has 0 fully saturated rings. The van der Waals surface area contributed by atoms with Crippen LogP contribution in [0, 0.1) is 0 Å². The number of nitrogens with zero attached hydrogens (tertiary/aromatic N) is 1. The summed E-state index contributed by atoms with van der Waals surface area (Å²) in [6, 6.07) is 2.95. The summed E-state index contributed by atoms with van der Waals surface area (Å²) >= 11 is 11.7. The van der Waals surface area contributed by atoms with Crippen molar-refractivity contribution in [2.75, 3.05) is 25.4 Å². The number of likely N-dealkylation sites (N-methyl/N-ethyl adjacent to an activating group) is 1. The fraction of sp³-hybridized carbons (Fsp3) is 0.364. The van der Waals surface area contributed by atoms with E-state index in [1.54, 1.807) is 0 Å². The van der Waals surface area contributed by atoms with Crippen molar-refractivity contribution < 1.29 is 9.90 Å². The van der Waals surface area contributed by atoms with Crippen LogP contribution >= 0.6 is 23.2 Å². The molecule has 0 saturated carbocycles. The number of nitrogen functional groups attached to an aromatic ring is 1. The van der Waals surface area contributed by atoms with Gasteiger partial charge in [0, 0.05) is 18.7 Å². The number of carbonyl (C=O) groups is 1. The topological polar surface area (TPSA) is 66.6 Å². The number of nitrogens with two attached hydrogens (primary N) is 1. The molecule has 0 bridgehead atoms. The smallest absolute Gasteiger partial charge is 0.254 e. The van der Waals surface area contributed by atoms with Gasteiger partial charge in [0.15, 0.2) is 0 Å². The lowest BCUT2D eigenvalue weighted by atomic mass is 10.1. The number of hydrogen-bond donors (Lipinski definition) is 2. The highest BCUT2D eigenvalue weighted by Gasteiger charge is 2.16. The fourth-order valence-corrected chi connectivity index (χ4v) is 1.90. The van der Waals surface area contributed by atoms with Crippen molar-refractivity contribution in [1.82, 2.24) is 4.90 Å². The molecule has 6 heteroatoms. The maximum atomic E-state index is 12.0. The van der Waals surface area contributed by atoms with Gasteiger partial charge in [-0.15, -0.1) is 0 Å². The maximum absolute atomic E-state index is 12.0. The van der Waals surface area contributed by atoms with E-state index in [9.17, 15) is 4.79 Å². The molecule has 0 spiro atoms. The third kappa shape index (κ3) is 3.25. The van der Waals surface area contributed by atoms with Crippen LogP contribution in [0.25, 0.3) is 0 Å². The van der Waals surface area contributed by atoms with Gasteiger partial charge >= 0.3 is 0 Å². The van der Waals surface area contributed by atoms with Gasteiger partial charge < -0.3 is 15.7 Å². The van der Waals surface area contributed by atoms with Gasteiger partial charge in [-0.05, 0) is 19.1 Å². The number of hydrogen-bond acceptors (Lipinski definition) is 3. The van der Waals surface area contributed by atoms with E-state index in [0.29, 0.717) is 12.1 Å². The van der Waals surface area contributed by atoms with E-state index >= 15 is 0 Å². The summed E-state index contributed by atoms with van der Waals surface area (Å²) < 4.78 is 0. The molecule has 3 N–H and O–H groups in total. The van der Waals surface area contributed by atoms with Crippen LogP contribution in [0.4, 0.5) is 5.69 Å². The number of rotatable bonds is 4. The molecule has 0 unspecified atom stereocenters.